The largest absolute Gasteiger partial charge is 0.508 e. The molecule has 0 fully saturated rings. The van der Waals surface area contributed by atoms with Crippen LogP contribution in [0.5, 0.6) is 11.5 Å². The molecule has 0 saturated heterocycles. The van der Waals surface area contributed by atoms with Gasteiger partial charge in [0.05, 0.1) is 0 Å². The quantitative estimate of drug-likeness (QED) is 0.362. The van der Waals surface area contributed by atoms with Gasteiger partial charge in [0, 0.05) is 31.0 Å². The summed E-state index contributed by atoms with van der Waals surface area (Å²) in [7, 11) is 0. The van der Waals surface area contributed by atoms with Crippen LogP contribution in [0, 0.1) is 6.92 Å². The normalized spacial score (nSPS) is 21.9. The number of hydrogen-bond donors (Lipinski definition) is 5. The second kappa shape index (κ2) is 11.2. The van der Waals surface area contributed by atoms with Crippen LogP contribution in [0.1, 0.15) is 82.3 Å². The Labute approximate surface area is 176 Å². The van der Waals surface area contributed by atoms with E-state index in [1.807, 2.05) is 13.8 Å². The first-order valence-corrected chi connectivity index (χ1v) is 11.3. The number of benzene rings is 1. The fourth-order valence-electron chi connectivity index (χ4n) is 4.23. The maximum Gasteiger partial charge on any atom is 0.158 e. The van der Waals surface area contributed by atoms with Crippen LogP contribution in [0.3, 0.4) is 0 Å². The first-order chi connectivity index (χ1) is 13.7. The number of rotatable bonds is 12. The van der Waals surface area contributed by atoms with Gasteiger partial charge < -0.3 is 27.0 Å². The monoisotopic (exact) mass is 406 g/mol. The molecule has 0 radical (unpaired) electrons. The lowest BCUT2D eigenvalue weighted by molar-refractivity contribution is 0.0398. The van der Waals surface area contributed by atoms with Crippen LogP contribution in [0.25, 0.3) is 0 Å². The first-order valence-electron chi connectivity index (χ1n) is 11.3. The van der Waals surface area contributed by atoms with Crippen LogP contribution in [0.2, 0.25) is 0 Å². The molecule has 6 nitrogen and oxygen atoms in total. The summed E-state index contributed by atoms with van der Waals surface area (Å²) in [6, 6.07) is 4.20. The Hall–Kier alpha value is -1.34. The fraction of sp³-hybridized carbons (Fsp3) is 0.739. The molecule has 1 aliphatic heterocycles. The Morgan fingerprint density at radius 1 is 1.00 bits per heavy atom. The molecule has 2 rings (SSSR count). The average molecular weight is 407 g/mol. The smallest absolute Gasteiger partial charge is 0.158 e. The molecule has 0 amide bonds. The summed E-state index contributed by atoms with van der Waals surface area (Å²) in [5.74, 6) is 1.12. The SMILES string of the molecule is Cc1cc(O)cc2c1O[C@](N)(CCC[C@H](N)CCC[C@H](N)CCC[C@@H](C)N)CC2. The number of ether oxygens (including phenoxy) is 1. The zero-order chi connectivity index (χ0) is 21.4. The van der Waals surface area contributed by atoms with E-state index in [9.17, 15) is 5.11 Å². The Morgan fingerprint density at radius 2 is 1.59 bits per heavy atom. The fourth-order valence-corrected chi connectivity index (χ4v) is 4.23. The minimum absolute atomic E-state index is 0.185. The lowest BCUT2D eigenvalue weighted by Crippen LogP contribution is -2.48. The molecular weight excluding hydrogens is 364 g/mol. The summed E-state index contributed by atoms with van der Waals surface area (Å²) in [4.78, 5) is 0. The zero-order valence-corrected chi connectivity index (χ0v) is 18.3. The minimum atomic E-state index is -0.642. The van der Waals surface area contributed by atoms with Gasteiger partial charge in [-0.3, -0.25) is 5.73 Å². The van der Waals surface area contributed by atoms with E-state index in [0.29, 0.717) is 0 Å². The molecule has 166 valence electrons. The van der Waals surface area contributed by atoms with E-state index in [1.165, 1.54) is 0 Å². The highest BCUT2D eigenvalue weighted by atomic mass is 16.5. The molecule has 0 spiro atoms. The Balaban J connectivity index is 1.65. The molecular formula is C23H42N4O2. The third-order valence-electron chi connectivity index (χ3n) is 6.02. The van der Waals surface area contributed by atoms with E-state index >= 15 is 0 Å². The van der Waals surface area contributed by atoms with Crippen molar-refractivity contribution in [1.29, 1.82) is 0 Å². The summed E-state index contributed by atoms with van der Waals surface area (Å²) in [5.41, 5.74) is 26.1. The van der Waals surface area contributed by atoms with Gasteiger partial charge in [-0.15, -0.1) is 0 Å². The third kappa shape index (κ3) is 8.13. The van der Waals surface area contributed by atoms with Crippen LogP contribution in [-0.2, 0) is 6.42 Å². The molecule has 1 aliphatic rings. The van der Waals surface area contributed by atoms with Gasteiger partial charge in [-0.1, -0.05) is 12.8 Å². The molecule has 0 aromatic heterocycles. The molecule has 1 heterocycles. The molecule has 1 aromatic rings. The number of aromatic hydroxyl groups is 1. The van der Waals surface area contributed by atoms with Gasteiger partial charge in [0.1, 0.15) is 11.5 Å². The van der Waals surface area contributed by atoms with Gasteiger partial charge in [-0.2, -0.15) is 0 Å². The van der Waals surface area contributed by atoms with Gasteiger partial charge in [0.2, 0.25) is 0 Å². The number of phenols is 1. The minimum Gasteiger partial charge on any atom is -0.508 e. The number of aryl methyl sites for hydroxylation is 2. The van der Waals surface area contributed by atoms with Crippen LogP contribution in [0.4, 0.5) is 0 Å². The number of fused-ring (bicyclic) bond motifs is 1. The highest BCUT2D eigenvalue weighted by Crippen LogP contribution is 2.38. The Morgan fingerprint density at radius 3 is 2.21 bits per heavy atom. The Kier molecular flexibility index (Phi) is 9.21. The summed E-state index contributed by atoms with van der Waals surface area (Å²) in [5, 5.41) is 9.76. The molecule has 0 aliphatic carbocycles. The van der Waals surface area contributed by atoms with E-state index in [-0.39, 0.29) is 23.9 Å². The Bertz CT molecular complexity index is 638. The molecule has 0 saturated carbocycles. The molecule has 0 unspecified atom stereocenters. The third-order valence-corrected chi connectivity index (χ3v) is 6.02. The molecule has 6 heteroatoms. The number of phenolic OH excluding ortho intramolecular Hbond substituents is 1. The van der Waals surface area contributed by atoms with Gasteiger partial charge in [0.15, 0.2) is 5.72 Å². The summed E-state index contributed by atoms with van der Waals surface area (Å²) in [6.07, 6.45) is 10.6. The highest BCUT2D eigenvalue weighted by molar-refractivity contribution is 5.47. The van der Waals surface area contributed by atoms with E-state index in [1.54, 1.807) is 12.1 Å². The summed E-state index contributed by atoms with van der Waals surface area (Å²) < 4.78 is 6.15. The van der Waals surface area contributed by atoms with Crippen molar-refractivity contribution in [2.75, 3.05) is 0 Å². The second-order valence-corrected chi connectivity index (χ2v) is 9.17. The van der Waals surface area contributed by atoms with Crippen LogP contribution < -0.4 is 27.7 Å². The van der Waals surface area contributed by atoms with Crippen LogP contribution in [-0.4, -0.2) is 29.0 Å². The van der Waals surface area contributed by atoms with Crippen LogP contribution >= 0.6 is 0 Å². The van der Waals surface area contributed by atoms with Crippen molar-refractivity contribution >= 4 is 0 Å². The summed E-state index contributed by atoms with van der Waals surface area (Å²) in [6.45, 7) is 3.99. The van der Waals surface area contributed by atoms with Crippen molar-refractivity contribution in [1.82, 2.24) is 0 Å². The lowest BCUT2D eigenvalue weighted by Gasteiger charge is -2.36. The van der Waals surface area contributed by atoms with Gasteiger partial charge in [-0.25, -0.2) is 0 Å². The van der Waals surface area contributed by atoms with E-state index in [2.05, 4.69) is 0 Å². The topological polar surface area (TPSA) is 134 Å². The molecule has 29 heavy (non-hydrogen) atoms. The molecule has 4 atom stereocenters. The van der Waals surface area contributed by atoms with Crippen molar-refractivity contribution in [2.45, 2.75) is 108 Å². The zero-order valence-electron chi connectivity index (χ0n) is 18.3. The standard InChI is InChI=1S/C23H42N4O2/c1-16-14-21(28)15-18-11-13-23(27,29-22(16)18)12-5-10-20(26)9-4-8-19(25)7-3-6-17(2)24/h14-15,17,19-20,28H,3-13,24-27H2,1-2H3/t17-,19-,20-,23-/m1/s1. The van der Waals surface area contributed by atoms with Crippen molar-refractivity contribution in [3.8, 4) is 11.5 Å². The van der Waals surface area contributed by atoms with Crippen molar-refractivity contribution in [2.24, 2.45) is 22.9 Å². The van der Waals surface area contributed by atoms with Gasteiger partial charge in [-0.05, 0) is 82.1 Å². The molecule has 9 N–H and O–H groups in total. The van der Waals surface area contributed by atoms with Gasteiger partial charge in [0.25, 0.3) is 0 Å². The highest BCUT2D eigenvalue weighted by Gasteiger charge is 2.33. The second-order valence-electron chi connectivity index (χ2n) is 9.17. The lowest BCUT2D eigenvalue weighted by atomic mass is 9.91. The van der Waals surface area contributed by atoms with E-state index < -0.39 is 5.72 Å². The average Bonchev–Trinajstić information content (AvgIpc) is 2.62. The maximum absolute atomic E-state index is 9.76. The predicted octanol–water partition coefficient (Wildman–Crippen LogP) is 3.19. The molecule has 1 aromatic carbocycles. The van der Waals surface area contributed by atoms with Gasteiger partial charge >= 0.3 is 0 Å². The van der Waals surface area contributed by atoms with E-state index in [0.717, 1.165) is 87.5 Å². The summed E-state index contributed by atoms with van der Waals surface area (Å²) >= 11 is 0. The number of nitrogens with two attached hydrogens (primary N) is 4. The molecule has 0 bridgehead atoms. The predicted molar refractivity (Wildman–Crippen MR) is 120 cm³/mol. The first kappa shape index (κ1) is 23.9. The maximum atomic E-state index is 9.76. The van der Waals surface area contributed by atoms with E-state index in [4.69, 9.17) is 27.7 Å². The van der Waals surface area contributed by atoms with Crippen molar-refractivity contribution < 1.29 is 9.84 Å². The van der Waals surface area contributed by atoms with Crippen molar-refractivity contribution in [3.05, 3.63) is 23.3 Å². The van der Waals surface area contributed by atoms with Crippen molar-refractivity contribution in [3.63, 3.8) is 0 Å². The van der Waals surface area contributed by atoms with Crippen LogP contribution in [0.15, 0.2) is 12.1 Å². The number of hydrogen-bond acceptors (Lipinski definition) is 6.